The Kier molecular flexibility index (Phi) is 4.77. The molecule has 4 aliphatic carbocycles. The van der Waals surface area contributed by atoms with Gasteiger partial charge in [0.1, 0.15) is 0 Å². The first kappa shape index (κ1) is 18.3. The second kappa shape index (κ2) is 6.51. The summed E-state index contributed by atoms with van der Waals surface area (Å²) in [6.07, 6.45) is 12.4. The lowest BCUT2D eigenvalue weighted by Crippen LogP contribution is -2.52. The molecule has 4 aliphatic rings. The number of methoxy groups -OCH3 is 1. The zero-order valence-corrected chi connectivity index (χ0v) is 17.0. The first-order valence-corrected chi connectivity index (χ1v) is 11.1. The lowest BCUT2D eigenvalue weighted by molar-refractivity contribution is -0.115. The standard InChI is InChI=1S/C23H40O2/c1-15(24)19-7-8-21-18-9-11-22(2)13-16(14-25-4)5-6-20(22)17(18)10-12-23(19,21)3/h15-21,24H,5-14H2,1-4H3. The van der Waals surface area contributed by atoms with Crippen LogP contribution < -0.4 is 0 Å². The Hall–Kier alpha value is -0.0800. The molecule has 9 unspecified atom stereocenters. The first-order valence-electron chi connectivity index (χ1n) is 11.1. The van der Waals surface area contributed by atoms with Crippen molar-refractivity contribution >= 4 is 0 Å². The van der Waals surface area contributed by atoms with E-state index in [1.165, 1.54) is 57.8 Å². The van der Waals surface area contributed by atoms with E-state index in [9.17, 15) is 5.11 Å². The normalized spacial score (nSPS) is 53.6. The van der Waals surface area contributed by atoms with Gasteiger partial charge in [0.05, 0.1) is 6.10 Å². The maximum Gasteiger partial charge on any atom is 0.0545 e. The molecule has 0 heterocycles. The van der Waals surface area contributed by atoms with Gasteiger partial charge in [-0.1, -0.05) is 13.8 Å². The fourth-order valence-electron chi connectivity index (χ4n) is 8.63. The van der Waals surface area contributed by atoms with E-state index < -0.39 is 0 Å². The molecule has 4 rings (SSSR count). The molecule has 4 saturated carbocycles. The molecular weight excluding hydrogens is 308 g/mol. The molecule has 2 nitrogen and oxygen atoms in total. The highest BCUT2D eigenvalue weighted by molar-refractivity contribution is 5.08. The van der Waals surface area contributed by atoms with Gasteiger partial charge in [-0.05, 0) is 111 Å². The van der Waals surface area contributed by atoms with Crippen LogP contribution in [0.3, 0.4) is 0 Å². The second-order valence-corrected chi connectivity index (χ2v) is 10.8. The quantitative estimate of drug-likeness (QED) is 0.751. The summed E-state index contributed by atoms with van der Waals surface area (Å²) in [5.41, 5.74) is 0.981. The van der Waals surface area contributed by atoms with Crippen LogP contribution in [-0.4, -0.2) is 24.9 Å². The van der Waals surface area contributed by atoms with Crippen molar-refractivity contribution < 1.29 is 9.84 Å². The molecular formula is C23H40O2. The number of hydrogen-bond acceptors (Lipinski definition) is 2. The Morgan fingerprint density at radius 3 is 2.36 bits per heavy atom. The lowest BCUT2D eigenvalue weighted by atomic mass is 9.45. The van der Waals surface area contributed by atoms with Gasteiger partial charge in [0.15, 0.2) is 0 Å². The molecule has 25 heavy (non-hydrogen) atoms. The van der Waals surface area contributed by atoms with Gasteiger partial charge in [-0.25, -0.2) is 0 Å². The van der Waals surface area contributed by atoms with Gasteiger partial charge in [0.2, 0.25) is 0 Å². The Morgan fingerprint density at radius 1 is 0.960 bits per heavy atom. The van der Waals surface area contributed by atoms with Crippen molar-refractivity contribution in [3.63, 3.8) is 0 Å². The fraction of sp³-hybridized carbons (Fsp3) is 1.00. The van der Waals surface area contributed by atoms with Crippen molar-refractivity contribution in [2.24, 2.45) is 46.3 Å². The summed E-state index contributed by atoms with van der Waals surface area (Å²) in [6, 6.07) is 0. The summed E-state index contributed by atoms with van der Waals surface area (Å²) in [6.45, 7) is 8.14. The Labute approximate surface area is 155 Å². The predicted octanol–water partition coefficient (Wildman–Crippen LogP) is 5.29. The van der Waals surface area contributed by atoms with Crippen LogP contribution in [0.15, 0.2) is 0 Å². The molecule has 1 N–H and O–H groups in total. The van der Waals surface area contributed by atoms with Crippen molar-refractivity contribution in [3.8, 4) is 0 Å². The molecule has 0 spiro atoms. The Balaban J connectivity index is 1.53. The van der Waals surface area contributed by atoms with E-state index in [0.717, 1.165) is 36.2 Å². The highest BCUT2D eigenvalue weighted by Gasteiger charge is 2.59. The lowest BCUT2D eigenvalue weighted by Gasteiger charge is -2.60. The Morgan fingerprint density at radius 2 is 1.64 bits per heavy atom. The van der Waals surface area contributed by atoms with Gasteiger partial charge < -0.3 is 9.84 Å². The van der Waals surface area contributed by atoms with Gasteiger partial charge in [-0.2, -0.15) is 0 Å². The minimum atomic E-state index is -0.120. The third-order valence-electron chi connectivity index (χ3n) is 9.65. The summed E-state index contributed by atoms with van der Waals surface area (Å²) in [7, 11) is 1.87. The van der Waals surface area contributed by atoms with Gasteiger partial charge in [0, 0.05) is 13.7 Å². The highest BCUT2D eigenvalue weighted by Crippen LogP contribution is 2.67. The van der Waals surface area contributed by atoms with Gasteiger partial charge in [-0.3, -0.25) is 0 Å². The molecule has 144 valence electrons. The first-order chi connectivity index (χ1) is 11.9. The van der Waals surface area contributed by atoms with Crippen molar-refractivity contribution in [1.82, 2.24) is 0 Å². The van der Waals surface area contributed by atoms with E-state index in [-0.39, 0.29) is 6.10 Å². The maximum atomic E-state index is 10.3. The number of hydrogen-bond donors (Lipinski definition) is 1. The van der Waals surface area contributed by atoms with Crippen LogP contribution in [-0.2, 0) is 4.74 Å². The van der Waals surface area contributed by atoms with Crippen LogP contribution in [0, 0.1) is 46.3 Å². The Bertz CT molecular complexity index is 488. The number of ether oxygens (including phenoxy) is 1. The highest BCUT2D eigenvalue weighted by atomic mass is 16.5. The monoisotopic (exact) mass is 348 g/mol. The molecule has 4 fully saturated rings. The smallest absolute Gasteiger partial charge is 0.0545 e. The number of fused-ring (bicyclic) bond motifs is 5. The van der Waals surface area contributed by atoms with Crippen molar-refractivity contribution in [3.05, 3.63) is 0 Å². The maximum absolute atomic E-state index is 10.3. The molecule has 0 aromatic heterocycles. The molecule has 0 amide bonds. The third-order valence-corrected chi connectivity index (χ3v) is 9.65. The molecule has 0 aromatic rings. The largest absolute Gasteiger partial charge is 0.393 e. The minimum Gasteiger partial charge on any atom is -0.393 e. The topological polar surface area (TPSA) is 29.5 Å². The molecule has 0 bridgehead atoms. The molecule has 2 heteroatoms. The van der Waals surface area contributed by atoms with Crippen LogP contribution in [0.4, 0.5) is 0 Å². The third kappa shape index (κ3) is 2.81. The van der Waals surface area contributed by atoms with Crippen molar-refractivity contribution in [2.45, 2.75) is 84.7 Å². The average Bonchev–Trinajstić information content (AvgIpc) is 2.91. The van der Waals surface area contributed by atoms with Crippen LogP contribution >= 0.6 is 0 Å². The zero-order chi connectivity index (χ0) is 17.8. The number of aliphatic hydroxyl groups is 1. The molecule has 0 saturated heterocycles. The zero-order valence-electron chi connectivity index (χ0n) is 17.0. The van der Waals surface area contributed by atoms with Crippen LogP contribution in [0.1, 0.15) is 78.6 Å². The van der Waals surface area contributed by atoms with E-state index in [2.05, 4.69) is 13.8 Å². The van der Waals surface area contributed by atoms with E-state index in [1.807, 2.05) is 14.0 Å². The summed E-state index contributed by atoms with van der Waals surface area (Å²) < 4.78 is 5.49. The minimum absolute atomic E-state index is 0.120. The fourth-order valence-corrected chi connectivity index (χ4v) is 8.63. The van der Waals surface area contributed by atoms with E-state index >= 15 is 0 Å². The molecule has 0 aromatic carbocycles. The van der Waals surface area contributed by atoms with Gasteiger partial charge >= 0.3 is 0 Å². The second-order valence-electron chi connectivity index (χ2n) is 10.8. The van der Waals surface area contributed by atoms with Crippen LogP contribution in [0.2, 0.25) is 0 Å². The summed E-state index contributed by atoms with van der Waals surface area (Å²) in [5.74, 6) is 5.08. The van der Waals surface area contributed by atoms with Crippen molar-refractivity contribution in [2.75, 3.05) is 13.7 Å². The van der Waals surface area contributed by atoms with Crippen LogP contribution in [0.5, 0.6) is 0 Å². The van der Waals surface area contributed by atoms with Gasteiger partial charge in [-0.15, -0.1) is 0 Å². The number of aliphatic hydroxyl groups excluding tert-OH is 1. The van der Waals surface area contributed by atoms with Crippen molar-refractivity contribution in [1.29, 1.82) is 0 Å². The van der Waals surface area contributed by atoms with E-state index in [4.69, 9.17) is 4.74 Å². The summed E-state index contributed by atoms with van der Waals surface area (Å²) in [5, 5.41) is 10.3. The molecule has 0 radical (unpaired) electrons. The van der Waals surface area contributed by atoms with Gasteiger partial charge in [0.25, 0.3) is 0 Å². The van der Waals surface area contributed by atoms with Crippen LogP contribution in [0.25, 0.3) is 0 Å². The SMILES string of the molecule is COCC1CCC2C3CCC4(C)C(C(C)O)CCC4C3CCC2(C)C1. The van der Waals surface area contributed by atoms with E-state index in [1.54, 1.807) is 0 Å². The summed E-state index contributed by atoms with van der Waals surface area (Å²) in [4.78, 5) is 0. The predicted molar refractivity (Wildman–Crippen MR) is 102 cm³/mol. The molecule has 0 aliphatic heterocycles. The number of rotatable bonds is 3. The average molecular weight is 349 g/mol. The molecule has 9 atom stereocenters. The van der Waals surface area contributed by atoms with E-state index in [0.29, 0.717) is 16.7 Å². The summed E-state index contributed by atoms with van der Waals surface area (Å²) >= 11 is 0.